The molecule has 0 radical (unpaired) electrons. The zero-order chi connectivity index (χ0) is 17.0. The quantitative estimate of drug-likeness (QED) is 0.743. The molecule has 0 heterocycles. The fraction of sp³-hybridized carbons (Fsp3) is 0.632. The van der Waals surface area contributed by atoms with Crippen molar-refractivity contribution in [2.45, 2.75) is 59.2 Å². The highest BCUT2D eigenvalue weighted by molar-refractivity contribution is 5.74. The Labute approximate surface area is 138 Å². The number of rotatable bonds is 5. The van der Waals surface area contributed by atoms with E-state index >= 15 is 0 Å². The summed E-state index contributed by atoms with van der Waals surface area (Å²) in [5, 5.41) is 0. The molecule has 0 spiro atoms. The third-order valence-electron chi connectivity index (χ3n) is 4.69. The minimum Gasteiger partial charge on any atom is -0.479 e. The Balaban J connectivity index is 1.94. The summed E-state index contributed by atoms with van der Waals surface area (Å²) in [6.07, 6.45) is 2.47. The van der Waals surface area contributed by atoms with E-state index in [4.69, 9.17) is 9.47 Å². The zero-order valence-electron chi connectivity index (χ0n) is 14.4. The Morgan fingerprint density at radius 1 is 1.17 bits per heavy atom. The number of esters is 1. The molecule has 0 bridgehead atoms. The maximum Gasteiger partial charge on any atom is 0.347 e. The molecule has 0 amide bonds. The van der Waals surface area contributed by atoms with Gasteiger partial charge in [-0.25, -0.2) is 9.18 Å². The molecule has 1 saturated carbocycles. The number of halogens is 1. The van der Waals surface area contributed by atoms with Crippen LogP contribution in [0.3, 0.4) is 0 Å². The second-order valence-electron chi connectivity index (χ2n) is 7.02. The molecule has 2 rings (SSSR count). The maximum absolute atomic E-state index is 12.9. The third-order valence-corrected chi connectivity index (χ3v) is 4.69. The molecule has 1 aromatic carbocycles. The number of benzene rings is 1. The molecule has 0 aromatic heterocycles. The Hall–Kier alpha value is -1.58. The van der Waals surface area contributed by atoms with Crippen LogP contribution < -0.4 is 4.74 Å². The summed E-state index contributed by atoms with van der Waals surface area (Å²) >= 11 is 0. The van der Waals surface area contributed by atoms with E-state index in [0.29, 0.717) is 23.5 Å². The van der Waals surface area contributed by atoms with Crippen LogP contribution in [0.1, 0.15) is 47.0 Å². The van der Waals surface area contributed by atoms with Crippen LogP contribution >= 0.6 is 0 Å². The molecule has 0 unspecified atom stereocenters. The minimum absolute atomic E-state index is 0.0366. The van der Waals surface area contributed by atoms with Crippen molar-refractivity contribution in [2.24, 2.45) is 17.8 Å². The Morgan fingerprint density at radius 3 is 2.43 bits per heavy atom. The van der Waals surface area contributed by atoms with Gasteiger partial charge >= 0.3 is 5.97 Å². The first-order valence-corrected chi connectivity index (χ1v) is 8.49. The molecule has 0 saturated heterocycles. The van der Waals surface area contributed by atoms with E-state index in [1.54, 1.807) is 6.92 Å². The lowest BCUT2D eigenvalue weighted by Gasteiger charge is -2.37. The predicted octanol–water partition coefficient (Wildman–Crippen LogP) is 4.60. The monoisotopic (exact) mass is 322 g/mol. The molecular weight excluding hydrogens is 295 g/mol. The van der Waals surface area contributed by atoms with Crippen molar-refractivity contribution in [3.63, 3.8) is 0 Å². The van der Waals surface area contributed by atoms with Crippen molar-refractivity contribution in [2.75, 3.05) is 0 Å². The summed E-state index contributed by atoms with van der Waals surface area (Å²) in [5.41, 5.74) is 0. The van der Waals surface area contributed by atoms with Crippen LogP contribution in [0, 0.1) is 23.6 Å². The number of hydrogen-bond donors (Lipinski definition) is 0. The highest BCUT2D eigenvalue weighted by Crippen LogP contribution is 2.35. The second kappa shape index (κ2) is 7.80. The van der Waals surface area contributed by atoms with E-state index in [1.165, 1.54) is 30.7 Å². The summed E-state index contributed by atoms with van der Waals surface area (Å²) in [6.45, 7) is 8.23. The van der Waals surface area contributed by atoms with Gasteiger partial charge in [0.15, 0.2) is 6.10 Å². The Kier molecular flexibility index (Phi) is 6.03. The van der Waals surface area contributed by atoms with Crippen LogP contribution in [0.25, 0.3) is 0 Å². The highest BCUT2D eigenvalue weighted by Gasteiger charge is 2.34. The molecule has 1 aromatic rings. The molecule has 1 aliphatic rings. The highest BCUT2D eigenvalue weighted by atomic mass is 19.1. The molecule has 4 heteroatoms. The number of carbonyl (C=O) groups is 1. The maximum atomic E-state index is 12.9. The third kappa shape index (κ3) is 4.95. The van der Waals surface area contributed by atoms with Crippen molar-refractivity contribution in [1.82, 2.24) is 0 Å². The fourth-order valence-corrected chi connectivity index (χ4v) is 3.26. The van der Waals surface area contributed by atoms with Gasteiger partial charge in [-0.15, -0.1) is 0 Å². The van der Waals surface area contributed by atoms with Crippen molar-refractivity contribution in [1.29, 1.82) is 0 Å². The lowest BCUT2D eigenvalue weighted by Crippen LogP contribution is -2.39. The van der Waals surface area contributed by atoms with Crippen LogP contribution in [0.2, 0.25) is 0 Å². The fourth-order valence-electron chi connectivity index (χ4n) is 3.26. The second-order valence-corrected chi connectivity index (χ2v) is 7.02. The van der Waals surface area contributed by atoms with Gasteiger partial charge in [-0.2, -0.15) is 0 Å². The van der Waals surface area contributed by atoms with Gasteiger partial charge in [0.2, 0.25) is 0 Å². The van der Waals surface area contributed by atoms with E-state index in [-0.39, 0.29) is 17.9 Å². The van der Waals surface area contributed by atoms with Crippen molar-refractivity contribution in [3.8, 4) is 5.75 Å². The smallest absolute Gasteiger partial charge is 0.347 e. The van der Waals surface area contributed by atoms with E-state index in [0.717, 1.165) is 12.8 Å². The topological polar surface area (TPSA) is 35.5 Å². The molecule has 1 fully saturated rings. The first-order valence-electron chi connectivity index (χ1n) is 8.49. The first kappa shape index (κ1) is 17.8. The summed E-state index contributed by atoms with van der Waals surface area (Å²) in [5.74, 6) is 1.27. The van der Waals surface area contributed by atoms with E-state index in [2.05, 4.69) is 20.8 Å². The lowest BCUT2D eigenvalue weighted by molar-refractivity contribution is -0.163. The van der Waals surface area contributed by atoms with E-state index in [9.17, 15) is 9.18 Å². The Bertz CT molecular complexity index is 512. The van der Waals surface area contributed by atoms with Crippen LogP contribution in [-0.2, 0) is 9.53 Å². The van der Waals surface area contributed by atoms with Gasteiger partial charge in [0.05, 0.1) is 0 Å². The van der Waals surface area contributed by atoms with Gasteiger partial charge < -0.3 is 9.47 Å². The molecule has 3 nitrogen and oxygen atoms in total. The van der Waals surface area contributed by atoms with Crippen LogP contribution in [-0.4, -0.2) is 18.2 Å². The summed E-state index contributed by atoms with van der Waals surface area (Å²) in [7, 11) is 0. The first-order chi connectivity index (χ1) is 10.9. The molecular formula is C19H27FO3. The van der Waals surface area contributed by atoms with E-state index < -0.39 is 6.10 Å². The minimum atomic E-state index is -0.703. The number of hydrogen-bond acceptors (Lipinski definition) is 3. The molecule has 1 aliphatic carbocycles. The van der Waals surface area contributed by atoms with Crippen molar-refractivity contribution in [3.05, 3.63) is 30.1 Å². The van der Waals surface area contributed by atoms with E-state index in [1.807, 2.05) is 0 Å². The summed E-state index contributed by atoms with van der Waals surface area (Å²) in [6, 6.07) is 5.65. The molecule has 0 N–H and O–H groups in total. The zero-order valence-corrected chi connectivity index (χ0v) is 14.4. The van der Waals surface area contributed by atoms with Gasteiger partial charge in [0.1, 0.15) is 17.7 Å². The molecule has 0 aliphatic heterocycles. The predicted molar refractivity (Wildman–Crippen MR) is 87.7 cm³/mol. The van der Waals surface area contributed by atoms with Crippen LogP contribution in [0.4, 0.5) is 4.39 Å². The summed E-state index contributed by atoms with van der Waals surface area (Å²) in [4.78, 5) is 12.3. The van der Waals surface area contributed by atoms with Gasteiger partial charge in [-0.3, -0.25) is 0 Å². The molecule has 23 heavy (non-hydrogen) atoms. The van der Waals surface area contributed by atoms with Crippen molar-refractivity contribution < 1.29 is 18.7 Å². The normalized spacial score (nSPS) is 25.9. The lowest BCUT2D eigenvalue weighted by atomic mass is 9.75. The number of carbonyl (C=O) groups excluding carboxylic acids is 1. The SMILES string of the molecule is CC(C)[C@H]1CC[C@@H](C)C[C@@H]1OC(=O)[C@@H](C)Oc1ccc(F)cc1. The average molecular weight is 322 g/mol. The van der Waals surface area contributed by atoms with Gasteiger partial charge in [-0.1, -0.05) is 27.2 Å². The summed E-state index contributed by atoms with van der Waals surface area (Å²) < 4.78 is 24.2. The van der Waals surface area contributed by atoms with Gasteiger partial charge in [-0.05, 0) is 61.8 Å². The largest absolute Gasteiger partial charge is 0.479 e. The van der Waals surface area contributed by atoms with Crippen molar-refractivity contribution >= 4 is 5.97 Å². The standard InChI is InChI=1S/C19H27FO3/c1-12(2)17-10-5-13(3)11-18(17)23-19(21)14(4)22-16-8-6-15(20)7-9-16/h6-9,12-14,17-18H,5,10-11H2,1-4H3/t13-,14-,17-,18+/m1/s1. The van der Waals surface area contributed by atoms with Crippen LogP contribution in [0.5, 0.6) is 5.75 Å². The van der Waals surface area contributed by atoms with Crippen LogP contribution in [0.15, 0.2) is 24.3 Å². The molecule has 128 valence electrons. The van der Waals surface area contributed by atoms with Gasteiger partial charge in [0.25, 0.3) is 0 Å². The molecule has 4 atom stereocenters. The average Bonchev–Trinajstić information content (AvgIpc) is 2.49. The number of ether oxygens (including phenoxy) is 2. The van der Waals surface area contributed by atoms with Gasteiger partial charge in [0, 0.05) is 0 Å². The Morgan fingerprint density at radius 2 is 1.83 bits per heavy atom.